The molecule has 2 aromatic carbocycles. The van der Waals surface area contributed by atoms with Crippen LogP contribution in [0.5, 0.6) is 0 Å². The van der Waals surface area contributed by atoms with Gasteiger partial charge in [0.2, 0.25) is 0 Å². The van der Waals surface area contributed by atoms with E-state index in [1.807, 2.05) is 34.9 Å². The Morgan fingerprint density at radius 3 is 2.30 bits per heavy atom. The van der Waals surface area contributed by atoms with Crippen molar-refractivity contribution in [2.45, 2.75) is 12.2 Å². The maximum absolute atomic E-state index is 12.6. The second-order valence-corrected chi connectivity index (χ2v) is 6.37. The molecule has 8 heteroatoms. The van der Waals surface area contributed by atoms with Gasteiger partial charge in [-0.3, -0.25) is 4.79 Å². The van der Waals surface area contributed by atoms with Gasteiger partial charge in [-0.25, -0.2) is 0 Å². The number of likely N-dealkylation sites (tertiary alicyclic amines) is 1. The van der Waals surface area contributed by atoms with E-state index in [1.165, 1.54) is 12.1 Å². The molecule has 27 heavy (non-hydrogen) atoms. The maximum Gasteiger partial charge on any atom is 0.416 e. The van der Waals surface area contributed by atoms with Crippen molar-refractivity contribution >= 4 is 5.91 Å². The molecule has 1 saturated heterocycles. The van der Waals surface area contributed by atoms with Crippen LogP contribution in [0.15, 0.2) is 60.9 Å². The lowest BCUT2D eigenvalue weighted by atomic mass is 10.0. The number of hydrogen-bond donors (Lipinski definition) is 0. The molecular weight excluding hydrogens is 357 g/mol. The van der Waals surface area contributed by atoms with Gasteiger partial charge in [0.1, 0.15) is 6.33 Å². The Morgan fingerprint density at radius 1 is 1.00 bits per heavy atom. The summed E-state index contributed by atoms with van der Waals surface area (Å²) >= 11 is 0. The molecule has 1 amide bonds. The first-order valence-corrected chi connectivity index (χ1v) is 8.35. The summed E-state index contributed by atoms with van der Waals surface area (Å²) in [5.74, 6) is 0.441. The number of carbonyl (C=O) groups excluding carboxylic acids is 1. The van der Waals surface area contributed by atoms with E-state index in [4.69, 9.17) is 0 Å². The number of benzene rings is 2. The number of nitrogens with zero attached hydrogens (tertiary/aromatic N) is 4. The van der Waals surface area contributed by atoms with Crippen LogP contribution < -0.4 is 0 Å². The van der Waals surface area contributed by atoms with Crippen molar-refractivity contribution in [1.29, 1.82) is 0 Å². The zero-order valence-electron chi connectivity index (χ0n) is 14.1. The Morgan fingerprint density at radius 2 is 1.67 bits per heavy atom. The summed E-state index contributed by atoms with van der Waals surface area (Å²) in [5.41, 5.74) is 0.411. The number of alkyl halides is 3. The average Bonchev–Trinajstić information content (AvgIpc) is 3.10. The molecule has 5 nitrogen and oxygen atoms in total. The van der Waals surface area contributed by atoms with Crippen molar-refractivity contribution in [2.24, 2.45) is 0 Å². The summed E-state index contributed by atoms with van der Waals surface area (Å²) in [5, 5.41) is 8.12. The van der Waals surface area contributed by atoms with Crippen LogP contribution in [0.25, 0.3) is 11.4 Å². The molecule has 1 fully saturated rings. The van der Waals surface area contributed by atoms with Gasteiger partial charge >= 0.3 is 6.18 Å². The number of amides is 1. The highest BCUT2D eigenvalue weighted by atomic mass is 19.4. The quantitative estimate of drug-likeness (QED) is 0.705. The van der Waals surface area contributed by atoms with Crippen LogP contribution >= 0.6 is 0 Å². The Kier molecular flexibility index (Phi) is 4.18. The van der Waals surface area contributed by atoms with Crippen LogP contribution in [0.2, 0.25) is 0 Å². The SMILES string of the molecule is O=C(c1ccc(C(F)(F)F)cc1)N1CC(n2cnnc2-c2ccccc2)C1. The number of halogens is 3. The van der Waals surface area contributed by atoms with E-state index in [2.05, 4.69) is 10.2 Å². The van der Waals surface area contributed by atoms with E-state index >= 15 is 0 Å². The Labute approximate surface area is 153 Å². The van der Waals surface area contributed by atoms with Crippen LogP contribution in [-0.2, 0) is 6.18 Å². The summed E-state index contributed by atoms with van der Waals surface area (Å²) in [6, 6.07) is 13.9. The molecule has 0 bridgehead atoms. The lowest BCUT2D eigenvalue weighted by Gasteiger charge is -2.40. The molecule has 0 unspecified atom stereocenters. The highest BCUT2D eigenvalue weighted by Crippen LogP contribution is 2.31. The first-order valence-electron chi connectivity index (χ1n) is 8.35. The van der Waals surface area contributed by atoms with Gasteiger partial charge in [0.05, 0.1) is 11.6 Å². The zero-order chi connectivity index (χ0) is 19.0. The topological polar surface area (TPSA) is 51.0 Å². The van der Waals surface area contributed by atoms with E-state index in [9.17, 15) is 18.0 Å². The van der Waals surface area contributed by atoms with Crippen molar-refractivity contribution in [3.05, 3.63) is 72.1 Å². The predicted molar refractivity (Wildman–Crippen MR) is 91.8 cm³/mol. The molecule has 0 spiro atoms. The van der Waals surface area contributed by atoms with Gasteiger partial charge in [-0.1, -0.05) is 30.3 Å². The van der Waals surface area contributed by atoms with E-state index in [-0.39, 0.29) is 17.5 Å². The molecule has 0 aliphatic carbocycles. The molecule has 4 rings (SSSR count). The van der Waals surface area contributed by atoms with Crippen LogP contribution in [0.3, 0.4) is 0 Å². The lowest BCUT2D eigenvalue weighted by molar-refractivity contribution is -0.137. The molecular formula is C19H15F3N4O. The van der Waals surface area contributed by atoms with Gasteiger partial charge in [-0.2, -0.15) is 13.2 Å². The third-order valence-electron chi connectivity index (χ3n) is 4.61. The highest BCUT2D eigenvalue weighted by molar-refractivity contribution is 5.94. The molecule has 1 aliphatic heterocycles. The van der Waals surface area contributed by atoms with Crippen LogP contribution in [0.4, 0.5) is 13.2 Å². The van der Waals surface area contributed by atoms with E-state index in [0.717, 1.165) is 23.5 Å². The lowest BCUT2D eigenvalue weighted by Crippen LogP contribution is -2.50. The zero-order valence-corrected chi connectivity index (χ0v) is 14.1. The largest absolute Gasteiger partial charge is 0.416 e. The standard InChI is InChI=1S/C19H15F3N4O/c20-19(21,22)15-8-6-14(7-9-15)18(27)25-10-16(11-25)26-12-23-24-17(26)13-4-2-1-3-5-13/h1-9,12,16H,10-11H2. The van der Waals surface area contributed by atoms with Crippen molar-refractivity contribution < 1.29 is 18.0 Å². The fourth-order valence-corrected chi connectivity index (χ4v) is 3.09. The van der Waals surface area contributed by atoms with Gasteiger partial charge in [0, 0.05) is 24.2 Å². The highest BCUT2D eigenvalue weighted by Gasteiger charge is 2.35. The molecule has 138 valence electrons. The van der Waals surface area contributed by atoms with Crippen LogP contribution in [-0.4, -0.2) is 38.7 Å². The molecule has 0 radical (unpaired) electrons. The first-order chi connectivity index (χ1) is 12.9. The fraction of sp³-hybridized carbons (Fsp3) is 0.211. The smallest absolute Gasteiger partial charge is 0.334 e. The molecule has 1 aromatic heterocycles. The summed E-state index contributed by atoms with van der Waals surface area (Å²) in [4.78, 5) is 14.1. The predicted octanol–water partition coefficient (Wildman–Crippen LogP) is 3.66. The molecule has 3 aromatic rings. The second-order valence-electron chi connectivity index (χ2n) is 6.37. The van der Waals surface area contributed by atoms with Gasteiger partial charge in [-0.15, -0.1) is 10.2 Å². The third-order valence-corrected chi connectivity index (χ3v) is 4.61. The maximum atomic E-state index is 12.6. The monoisotopic (exact) mass is 372 g/mol. The Hall–Kier alpha value is -3.16. The molecule has 0 N–H and O–H groups in total. The minimum atomic E-state index is -4.41. The van der Waals surface area contributed by atoms with E-state index < -0.39 is 11.7 Å². The van der Waals surface area contributed by atoms with E-state index in [1.54, 1.807) is 11.2 Å². The number of hydrogen-bond acceptors (Lipinski definition) is 3. The summed E-state index contributed by atoms with van der Waals surface area (Å²) < 4.78 is 39.8. The minimum absolute atomic E-state index is 0.0357. The number of carbonyl (C=O) groups is 1. The summed E-state index contributed by atoms with van der Waals surface area (Å²) in [6.45, 7) is 0.912. The van der Waals surface area contributed by atoms with Gasteiger partial charge in [0.15, 0.2) is 5.82 Å². The molecule has 0 atom stereocenters. The van der Waals surface area contributed by atoms with E-state index in [0.29, 0.717) is 13.1 Å². The van der Waals surface area contributed by atoms with Gasteiger partial charge < -0.3 is 9.47 Å². The normalized spacial score (nSPS) is 14.9. The Balaban J connectivity index is 1.44. The minimum Gasteiger partial charge on any atom is -0.334 e. The van der Waals surface area contributed by atoms with Crippen molar-refractivity contribution in [3.8, 4) is 11.4 Å². The summed E-state index contributed by atoms with van der Waals surface area (Å²) in [7, 11) is 0. The molecule has 0 saturated carbocycles. The van der Waals surface area contributed by atoms with Gasteiger partial charge in [0.25, 0.3) is 5.91 Å². The van der Waals surface area contributed by atoms with Gasteiger partial charge in [-0.05, 0) is 24.3 Å². The molecule has 1 aliphatic rings. The molecule has 2 heterocycles. The van der Waals surface area contributed by atoms with Crippen LogP contribution in [0.1, 0.15) is 22.0 Å². The van der Waals surface area contributed by atoms with Crippen molar-refractivity contribution in [1.82, 2.24) is 19.7 Å². The first kappa shape index (κ1) is 17.3. The Bertz CT molecular complexity index is 945. The van der Waals surface area contributed by atoms with Crippen molar-refractivity contribution in [3.63, 3.8) is 0 Å². The number of aromatic nitrogens is 3. The fourth-order valence-electron chi connectivity index (χ4n) is 3.09. The third kappa shape index (κ3) is 3.30. The van der Waals surface area contributed by atoms with Crippen molar-refractivity contribution in [2.75, 3.05) is 13.1 Å². The number of rotatable bonds is 3. The summed E-state index contributed by atoms with van der Waals surface area (Å²) in [6.07, 6.45) is -2.78. The van der Waals surface area contributed by atoms with Crippen LogP contribution in [0, 0.1) is 0 Å². The second kappa shape index (κ2) is 6.53. The average molecular weight is 372 g/mol.